The van der Waals surface area contributed by atoms with Gasteiger partial charge < -0.3 is 14.6 Å². The maximum absolute atomic E-state index is 5.36. The second kappa shape index (κ2) is 6.29. The minimum absolute atomic E-state index is 0.123. The van der Waals surface area contributed by atoms with E-state index in [-0.39, 0.29) is 12.1 Å². The number of aromatic nitrogens is 2. The third-order valence-electron chi connectivity index (χ3n) is 3.74. The Labute approximate surface area is 108 Å². The highest BCUT2D eigenvalue weighted by Crippen LogP contribution is 2.28. The van der Waals surface area contributed by atoms with Crippen molar-refractivity contribution in [2.24, 2.45) is 5.92 Å². The van der Waals surface area contributed by atoms with E-state index in [0.29, 0.717) is 6.42 Å². The molecular weight excluding hydrogens is 230 g/mol. The van der Waals surface area contributed by atoms with Crippen LogP contribution in [0.5, 0.6) is 0 Å². The van der Waals surface area contributed by atoms with E-state index in [0.717, 1.165) is 30.6 Å². The van der Waals surface area contributed by atoms with E-state index in [1.54, 1.807) is 7.11 Å². The van der Waals surface area contributed by atoms with Gasteiger partial charge in [-0.25, -0.2) is 0 Å². The first-order chi connectivity index (χ1) is 8.72. The number of methoxy groups -OCH3 is 1. The lowest BCUT2D eigenvalue weighted by molar-refractivity contribution is 0.116. The lowest BCUT2D eigenvalue weighted by atomic mass is 9.90. The predicted molar refractivity (Wildman–Crippen MR) is 68.2 cm³/mol. The van der Waals surface area contributed by atoms with Crippen LogP contribution in [-0.4, -0.2) is 29.9 Å². The van der Waals surface area contributed by atoms with Gasteiger partial charge in [0.15, 0.2) is 5.82 Å². The number of nitrogens with one attached hydrogen (secondary N) is 1. The number of piperidine rings is 1. The largest absolute Gasteiger partial charge is 0.381 e. The molecule has 3 atom stereocenters. The highest BCUT2D eigenvalue weighted by Gasteiger charge is 2.26. The number of nitrogens with zero attached hydrogens (tertiary/aromatic N) is 2. The van der Waals surface area contributed by atoms with Gasteiger partial charge in [0, 0.05) is 13.5 Å². The summed E-state index contributed by atoms with van der Waals surface area (Å²) in [6, 6.07) is 0.225. The molecular formula is C13H23N3O2. The van der Waals surface area contributed by atoms with Crippen molar-refractivity contribution in [3.63, 3.8) is 0 Å². The van der Waals surface area contributed by atoms with Gasteiger partial charge in [-0.15, -0.1) is 0 Å². The summed E-state index contributed by atoms with van der Waals surface area (Å²) in [4.78, 5) is 4.47. The monoisotopic (exact) mass is 253 g/mol. The molecule has 1 saturated heterocycles. The molecule has 1 fully saturated rings. The smallest absolute Gasteiger partial charge is 0.243 e. The summed E-state index contributed by atoms with van der Waals surface area (Å²) in [7, 11) is 1.69. The fourth-order valence-corrected chi connectivity index (χ4v) is 2.39. The molecule has 1 aromatic heterocycles. The van der Waals surface area contributed by atoms with Gasteiger partial charge >= 0.3 is 0 Å². The van der Waals surface area contributed by atoms with Crippen molar-refractivity contribution in [2.45, 2.75) is 51.7 Å². The third kappa shape index (κ3) is 3.29. The molecule has 0 spiro atoms. The Kier molecular flexibility index (Phi) is 4.72. The first-order valence-electron chi connectivity index (χ1n) is 6.81. The van der Waals surface area contributed by atoms with Crippen LogP contribution in [0.4, 0.5) is 0 Å². The molecule has 0 amide bonds. The van der Waals surface area contributed by atoms with Crippen LogP contribution >= 0.6 is 0 Å². The second-order valence-corrected chi connectivity index (χ2v) is 5.10. The van der Waals surface area contributed by atoms with Crippen LogP contribution in [0.3, 0.4) is 0 Å². The average molecular weight is 253 g/mol. The SMILES string of the molecule is CCC1CCNC(c2nc(CC(C)OC)no2)C1. The molecule has 5 heteroatoms. The van der Waals surface area contributed by atoms with Crippen LogP contribution < -0.4 is 5.32 Å². The van der Waals surface area contributed by atoms with Gasteiger partial charge in [0.25, 0.3) is 0 Å². The van der Waals surface area contributed by atoms with Crippen molar-refractivity contribution >= 4 is 0 Å². The maximum Gasteiger partial charge on any atom is 0.243 e. The average Bonchev–Trinajstić information content (AvgIpc) is 2.87. The second-order valence-electron chi connectivity index (χ2n) is 5.10. The van der Waals surface area contributed by atoms with E-state index in [4.69, 9.17) is 9.26 Å². The first kappa shape index (κ1) is 13.5. The maximum atomic E-state index is 5.36. The summed E-state index contributed by atoms with van der Waals surface area (Å²) in [6.07, 6.45) is 4.38. The van der Waals surface area contributed by atoms with Crippen LogP contribution in [0.2, 0.25) is 0 Å². The zero-order valence-corrected chi connectivity index (χ0v) is 11.5. The zero-order valence-electron chi connectivity index (χ0n) is 11.5. The molecule has 2 rings (SSSR count). The van der Waals surface area contributed by atoms with Gasteiger partial charge in [-0.2, -0.15) is 4.98 Å². The van der Waals surface area contributed by atoms with Crippen molar-refractivity contribution in [1.29, 1.82) is 0 Å². The Morgan fingerprint density at radius 1 is 1.56 bits per heavy atom. The molecule has 2 heterocycles. The highest BCUT2D eigenvalue weighted by atomic mass is 16.5. The van der Waals surface area contributed by atoms with Crippen molar-refractivity contribution in [2.75, 3.05) is 13.7 Å². The van der Waals surface area contributed by atoms with E-state index in [1.165, 1.54) is 12.8 Å². The summed E-state index contributed by atoms with van der Waals surface area (Å²) in [5.74, 6) is 2.23. The quantitative estimate of drug-likeness (QED) is 0.870. The number of hydrogen-bond donors (Lipinski definition) is 1. The Balaban J connectivity index is 1.96. The Bertz CT molecular complexity index is 367. The Morgan fingerprint density at radius 3 is 3.11 bits per heavy atom. The molecule has 0 aliphatic carbocycles. The van der Waals surface area contributed by atoms with Gasteiger partial charge in [-0.3, -0.25) is 0 Å². The van der Waals surface area contributed by atoms with E-state index in [2.05, 4.69) is 22.4 Å². The molecule has 3 unspecified atom stereocenters. The number of rotatable bonds is 5. The van der Waals surface area contributed by atoms with Gasteiger partial charge in [-0.05, 0) is 32.2 Å². The first-order valence-corrected chi connectivity index (χ1v) is 6.81. The molecule has 0 radical (unpaired) electrons. The van der Waals surface area contributed by atoms with Crippen molar-refractivity contribution in [3.8, 4) is 0 Å². The van der Waals surface area contributed by atoms with Crippen LogP contribution in [0.15, 0.2) is 4.52 Å². The molecule has 1 N–H and O–H groups in total. The fraction of sp³-hybridized carbons (Fsp3) is 0.846. The summed E-state index contributed by atoms with van der Waals surface area (Å²) in [6.45, 7) is 5.28. The number of ether oxygens (including phenoxy) is 1. The zero-order chi connectivity index (χ0) is 13.0. The molecule has 1 aromatic rings. The van der Waals surface area contributed by atoms with Gasteiger partial charge in [0.2, 0.25) is 5.89 Å². The predicted octanol–water partition coefficient (Wildman–Crippen LogP) is 2.10. The summed E-state index contributed by atoms with van der Waals surface area (Å²) >= 11 is 0. The van der Waals surface area contributed by atoms with Crippen LogP contribution in [0, 0.1) is 5.92 Å². The minimum Gasteiger partial charge on any atom is -0.381 e. The Hall–Kier alpha value is -0.940. The van der Waals surface area contributed by atoms with Crippen molar-refractivity contribution in [1.82, 2.24) is 15.5 Å². The van der Waals surface area contributed by atoms with E-state index < -0.39 is 0 Å². The minimum atomic E-state index is 0.123. The third-order valence-corrected chi connectivity index (χ3v) is 3.74. The topological polar surface area (TPSA) is 60.2 Å². The van der Waals surface area contributed by atoms with Gasteiger partial charge in [0.05, 0.1) is 12.1 Å². The standard InChI is InChI=1S/C13H23N3O2/c1-4-10-5-6-14-11(8-10)13-15-12(16-18-13)7-9(2)17-3/h9-11,14H,4-8H2,1-3H3. The van der Waals surface area contributed by atoms with E-state index in [1.807, 2.05) is 6.92 Å². The summed E-state index contributed by atoms with van der Waals surface area (Å²) in [5.41, 5.74) is 0. The molecule has 5 nitrogen and oxygen atoms in total. The van der Waals surface area contributed by atoms with Crippen LogP contribution in [-0.2, 0) is 11.2 Å². The van der Waals surface area contributed by atoms with E-state index >= 15 is 0 Å². The van der Waals surface area contributed by atoms with Crippen molar-refractivity contribution in [3.05, 3.63) is 11.7 Å². The molecule has 0 bridgehead atoms. The van der Waals surface area contributed by atoms with Crippen LogP contribution in [0.25, 0.3) is 0 Å². The lowest BCUT2D eigenvalue weighted by Gasteiger charge is -2.27. The highest BCUT2D eigenvalue weighted by molar-refractivity contribution is 4.96. The molecule has 18 heavy (non-hydrogen) atoms. The molecule has 1 aliphatic rings. The molecule has 0 saturated carbocycles. The fourth-order valence-electron chi connectivity index (χ4n) is 2.39. The molecule has 1 aliphatic heterocycles. The normalized spacial score (nSPS) is 26.2. The van der Waals surface area contributed by atoms with E-state index in [9.17, 15) is 0 Å². The van der Waals surface area contributed by atoms with Gasteiger partial charge in [0.1, 0.15) is 0 Å². The van der Waals surface area contributed by atoms with Gasteiger partial charge in [-0.1, -0.05) is 18.5 Å². The summed E-state index contributed by atoms with van der Waals surface area (Å²) < 4.78 is 10.6. The number of hydrogen-bond acceptors (Lipinski definition) is 5. The lowest BCUT2D eigenvalue weighted by Crippen LogP contribution is -2.31. The van der Waals surface area contributed by atoms with Crippen molar-refractivity contribution < 1.29 is 9.26 Å². The molecule has 102 valence electrons. The molecule has 0 aromatic carbocycles. The van der Waals surface area contributed by atoms with Crippen LogP contribution in [0.1, 0.15) is 50.9 Å². The summed E-state index contributed by atoms with van der Waals surface area (Å²) in [5, 5.41) is 7.48. The Morgan fingerprint density at radius 2 is 2.39 bits per heavy atom.